The van der Waals surface area contributed by atoms with Crippen molar-refractivity contribution in [1.82, 2.24) is 9.97 Å². The molecule has 0 fully saturated rings. The second-order valence-electron chi connectivity index (χ2n) is 8.25. The van der Waals surface area contributed by atoms with E-state index in [0.29, 0.717) is 29.0 Å². The maximum Gasteiger partial charge on any atom is 0.344 e. The van der Waals surface area contributed by atoms with Crippen LogP contribution in [0.4, 0.5) is 11.5 Å². The van der Waals surface area contributed by atoms with Gasteiger partial charge in [-0.1, -0.05) is 17.7 Å². The minimum Gasteiger partial charge on any atom is -0.495 e. The molecule has 1 aliphatic carbocycles. The Hall–Kier alpha value is -3.32. The van der Waals surface area contributed by atoms with E-state index >= 15 is 0 Å². The van der Waals surface area contributed by atoms with Gasteiger partial charge >= 0.3 is 5.97 Å². The van der Waals surface area contributed by atoms with Crippen LogP contribution >= 0.6 is 11.6 Å². The van der Waals surface area contributed by atoms with E-state index < -0.39 is 0 Å². The maximum absolute atomic E-state index is 11.8. The Morgan fingerprint density at radius 3 is 2.76 bits per heavy atom. The normalized spacial score (nSPS) is 14.0. The third-order valence-corrected chi connectivity index (χ3v) is 6.51. The predicted molar refractivity (Wildman–Crippen MR) is 130 cm³/mol. The maximum atomic E-state index is 11.8. The van der Waals surface area contributed by atoms with Gasteiger partial charge in [-0.25, -0.2) is 14.8 Å². The molecule has 0 saturated carbocycles. The standard InChI is InChI=1S/C26H26ClN3O4/c1-3-33-24(31)15-34-22-9-5-8-21-18(22)12-13-30(21)26-17-6-4-7-20(17)28-25(29-26)16-10-11-23(32-2)19(27)14-16/h5,8-11,14H,3-4,6-7,12-13,15H2,1-2H3. The Morgan fingerprint density at radius 2 is 1.97 bits per heavy atom. The highest BCUT2D eigenvalue weighted by Crippen LogP contribution is 2.42. The summed E-state index contributed by atoms with van der Waals surface area (Å²) < 4.78 is 16.1. The molecule has 0 radical (unpaired) electrons. The number of esters is 1. The van der Waals surface area contributed by atoms with Crippen molar-refractivity contribution in [3.8, 4) is 22.9 Å². The summed E-state index contributed by atoms with van der Waals surface area (Å²) in [7, 11) is 1.60. The van der Waals surface area contributed by atoms with Crippen LogP contribution in [0.1, 0.15) is 30.2 Å². The quantitative estimate of drug-likeness (QED) is 0.445. The zero-order valence-electron chi connectivity index (χ0n) is 19.3. The summed E-state index contributed by atoms with van der Waals surface area (Å²) in [5, 5.41) is 0.528. The number of carbonyl (C=O) groups excluding carboxylic acids is 1. The number of hydrogen-bond donors (Lipinski definition) is 0. The molecule has 0 bridgehead atoms. The molecule has 5 rings (SSSR count). The van der Waals surface area contributed by atoms with Crippen molar-refractivity contribution in [1.29, 1.82) is 0 Å². The minimum absolute atomic E-state index is 0.102. The Balaban J connectivity index is 1.51. The van der Waals surface area contributed by atoms with Crippen LogP contribution in [0.25, 0.3) is 11.4 Å². The van der Waals surface area contributed by atoms with Crippen LogP contribution in [0.5, 0.6) is 11.5 Å². The number of ether oxygens (including phenoxy) is 3. The molecule has 34 heavy (non-hydrogen) atoms. The van der Waals surface area contributed by atoms with E-state index in [1.165, 1.54) is 5.56 Å². The number of methoxy groups -OCH3 is 1. The lowest BCUT2D eigenvalue weighted by Crippen LogP contribution is -2.18. The highest BCUT2D eigenvalue weighted by Gasteiger charge is 2.30. The van der Waals surface area contributed by atoms with Crippen LogP contribution in [0, 0.1) is 0 Å². The van der Waals surface area contributed by atoms with Gasteiger partial charge < -0.3 is 19.1 Å². The van der Waals surface area contributed by atoms with Crippen molar-refractivity contribution in [2.45, 2.75) is 32.6 Å². The van der Waals surface area contributed by atoms with E-state index in [9.17, 15) is 4.79 Å². The summed E-state index contributed by atoms with van der Waals surface area (Å²) in [6, 6.07) is 11.5. The molecule has 0 N–H and O–H groups in total. The van der Waals surface area contributed by atoms with Crippen LogP contribution in [0.2, 0.25) is 5.02 Å². The molecular weight excluding hydrogens is 454 g/mol. The van der Waals surface area contributed by atoms with Crippen LogP contribution < -0.4 is 14.4 Å². The zero-order chi connectivity index (χ0) is 23.7. The van der Waals surface area contributed by atoms with Gasteiger partial charge in [-0.15, -0.1) is 0 Å². The molecule has 0 spiro atoms. The van der Waals surface area contributed by atoms with Gasteiger partial charge in [0.25, 0.3) is 0 Å². The van der Waals surface area contributed by atoms with E-state index in [0.717, 1.165) is 60.6 Å². The molecule has 2 heterocycles. The highest BCUT2D eigenvalue weighted by molar-refractivity contribution is 6.32. The summed E-state index contributed by atoms with van der Waals surface area (Å²) in [5.74, 6) is 2.55. The molecule has 2 aromatic carbocycles. The topological polar surface area (TPSA) is 73.8 Å². The van der Waals surface area contributed by atoms with Gasteiger partial charge in [0, 0.05) is 34.6 Å². The average molecular weight is 480 g/mol. The van der Waals surface area contributed by atoms with Gasteiger partial charge in [0.2, 0.25) is 0 Å². The number of aryl methyl sites for hydroxylation is 1. The molecule has 1 aliphatic heterocycles. The molecule has 2 aliphatic rings. The molecular formula is C26H26ClN3O4. The Labute approximate surface area is 203 Å². The zero-order valence-corrected chi connectivity index (χ0v) is 20.0. The Bertz CT molecular complexity index is 1250. The summed E-state index contributed by atoms with van der Waals surface area (Å²) in [6.45, 7) is 2.80. The molecule has 0 atom stereocenters. The molecule has 7 nitrogen and oxygen atoms in total. The first-order valence-corrected chi connectivity index (χ1v) is 11.9. The van der Waals surface area contributed by atoms with Gasteiger partial charge in [-0.05, 0) is 62.9 Å². The van der Waals surface area contributed by atoms with Gasteiger partial charge in [-0.3, -0.25) is 0 Å². The smallest absolute Gasteiger partial charge is 0.344 e. The van der Waals surface area contributed by atoms with E-state index in [2.05, 4.69) is 11.0 Å². The number of halogens is 1. The number of fused-ring (bicyclic) bond motifs is 2. The molecule has 176 valence electrons. The van der Waals surface area contributed by atoms with E-state index in [-0.39, 0.29) is 12.6 Å². The number of hydrogen-bond acceptors (Lipinski definition) is 7. The van der Waals surface area contributed by atoms with Crippen LogP contribution in [0.3, 0.4) is 0 Å². The first-order valence-electron chi connectivity index (χ1n) is 11.5. The summed E-state index contributed by atoms with van der Waals surface area (Å²) >= 11 is 6.38. The van der Waals surface area contributed by atoms with Crippen LogP contribution in [-0.2, 0) is 28.8 Å². The fraction of sp³-hybridized carbons (Fsp3) is 0.346. The summed E-state index contributed by atoms with van der Waals surface area (Å²) in [4.78, 5) is 23.9. The lowest BCUT2D eigenvalue weighted by atomic mass is 10.1. The minimum atomic E-state index is -0.369. The van der Waals surface area contributed by atoms with Crippen LogP contribution in [0.15, 0.2) is 36.4 Å². The van der Waals surface area contributed by atoms with E-state index in [4.69, 9.17) is 35.8 Å². The van der Waals surface area contributed by atoms with Crippen molar-refractivity contribution in [3.05, 3.63) is 58.2 Å². The van der Waals surface area contributed by atoms with Gasteiger partial charge in [-0.2, -0.15) is 0 Å². The SMILES string of the molecule is CCOC(=O)COc1cccc2c1CCN2c1nc(-c2ccc(OC)c(Cl)c2)nc2c1CCC2. The molecule has 0 unspecified atom stereocenters. The molecule has 0 saturated heterocycles. The summed E-state index contributed by atoms with van der Waals surface area (Å²) in [5.41, 5.74) is 5.27. The molecule has 3 aromatic rings. The fourth-order valence-corrected chi connectivity index (χ4v) is 4.93. The highest BCUT2D eigenvalue weighted by atomic mass is 35.5. The first-order chi connectivity index (χ1) is 16.6. The number of aromatic nitrogens is 2. The molecule has 0 amide bonds. The van der Waals surface area contributed by atoms with Crippen molar-refractivity contribution in [2.24, 2.45) is 0 Å². The number of carbonyl (C=O) groups is 1. The lowest BCUT2D eigenvalue weighted by Gasteiger charge is -2.22. The Morgan fingerprint density at radius 1 is 1.09 bits per heavy atom. The van der Waals surface area contributed by atoms with E-state index in [1.54, 1.807) is 14.0 Å². The van der Waals surface area contributed by atoms with Crippen LogP contribution in [-0.4, -0.2) is 42.8 Å². The number of anilines is 2. The third kappa shape index (κ3) is 4.16. The lowest BCUT2D eigenvalue weighted by molar-refractivity contribution is -0.145. The van der Waals surface area contributed by atoms with Crippen molar-refractivity contribution in [2.75, 3.05) is 31.8 Å². The van der Waals surface area contributed by atoms with Crippen molar-refractivity contribution >= 4 is 29.1 Å². The third-order valence-electron chi connectivity index (χ3n) is 6.21. The average Bonchev–Trinajstić information content (AvgIpc) is 3.49. The van der Waals surface area contributed by atoms with Gasteiger partial charge in [0.1, 0.15) is 17.3 Å². The molecule has 8 heteroatoms. The second kappa shape index (κ2) is 9.50. The number of benzene rings is 2. The summed E-state index contributed by atoms with van der Waals surface area (Å²) in [6.07, 6.45) is 3.76. The first kappa shape index (κ1) is 22.5. The molecule has 1 aromatic heterocycles. The van der Waals surface area contributed by atoms with Crippen molar-refractivity contribution < 1.29 is 19.0 Å². The predicted octanol–water partition coefficient (Wildman–Crippen LogP) is 4.93. The van der Waals surface area contributed by atoms with Crippen molar-refractivity contribution in [3.63, 3.8) is 0 Å². The fourth-order valence-electron chi connectivity index (χ4n) is 4.67. The van der Waals surface area contributed by atoms with Gasteiger partial charge in [0.15, 0.2) is 12.4 Å². The second-order valence-corrected chi connectivity index (χ2v) is 8.66. The van der Waals surface area contributed by atoms with E-state index in [1.807, 2.05) is 30.3 Å². The number of rotatable bonds is 7. The number of nitrogens with zero attached hydrogens (tertiary/aromatic N) is 3. The monoisotopic (exact) mass is 479 g/mol. The Kier molecular flexibility index (Phi) is 6.28. The largest absolute Gasteiger partial charge is 0.495 e. The van der Waals surface area contributed by atoms with Gasteiger partial charge in [0.05, 0.1) is 18.7 Å².